The quantitative estimate of drug-likeness (QED) is 0.866. The van der Waals surface area contributed by atoms with Gasteiger partial charge in [-0.25, -0.2) is 13.1 Å². The molecular weight excluding hydrogens is 318 g/mol. The summed E-state index contributed by atoms with van der Waals surface area (Å²) in [7, 11) is -3.85. The van der Waals surface area contributed by atoms with Crippen LogP contribution < -0.4 is 10.0 Å². The molecule has 0 saturated carbocycles. The minimum Gasteiger partial charge on any atom is -0.360 e. The third kappa shape index (κ3) is 3.77. The molecule has 1 amide bonds. The van der Waals surface area contributed by atoms with Gasteiger partial charge in [-0.2, -0.15) is 0 Å². The van der Waals surface area contributed by atoms with E-state index in [1.165, 1.54) is 13.8 Å². The van der Waals surface area contributed by atoms with E-state index in [9.17, 15) is 13.2 Å². The Hall–Kier alpha value is -2.19. The van der Waals surface area contributed by atoms with Crippen LogP contribution in [-0.4, -0.2) is 26.0 Å². The van der Waals surface area contributed by atoms with Crippen molar-refractivity contribution in [3.63, 3.8) is 0 Å². The molecule has 0 aliphatic heterocycles. The van der Waals surface area contributed by atoms with Gasteiger partial charge in [0.15, 0.2) is 5.76 Å². The number of anilines is 1. The second-order valence-electron chi connectivity index (χ2n) is 5.29. The molecule has 1 heterocycles. The minimum atomic E-state index is -3.85. The predicted molar refractivity (Wildman–Crippen MR) is 85.7 cm³/mol. The van der Waals surface area contributed by atoms with Gasteiger partial charge in [-0.1, -0.05) is 23.4 Å². The van der Waals surface area contributed by atoms with Gasteiger partial charge in [0.05, 0.1) is 6.54 Å². The van der Waals surface area contributed by atoms with E-state index in [1.54, 1.807) is 0 Å². The lowest BCUT2D eigenvalue weighted by molar-refractivity contribution is -0.115. The summed E-state index contributed by atoms with van der Waals surface area (Å²) < 4.78 is 31.6. The van der Waals surface area contributed by atoms with Crippen LogP contribution in [0.25, 0.3) is 0 Å². The number of nitrogens with zero attached hydrogens (tertiary/aromatic N) is 1. The summed E-state index contributed by atoms with van der Waals surface area (Å²) in [4.78, 5) is 12.0. The number of carbonyl (C=O) groups is 1. The van der Waals surface area contributed by atoms with Crippen molar-refractivity contribution in [3.05, 3.63) is 40.8 Å². The number of hydrogen-bond acceptors (Lipinski definition) is 5. The van der Waals surface area contributed by atoms with Gasteiger partial charge in [0.25, 0.3) is 0 Å². The molecule has 0 unspecified atom stereocenters. The highest BCUT2D eigenvalue weighted by Gasteiger charge is 2.24. The van der Waals surface area contributed by atoms with E-state index in [0.717, 1.165) is 11.1 Å². The van der Waals surface area contributed by atoms with Crippen LogP contribution in [-0.2, 0) is 14.8 Å². The molecule has 124 valence electrons. The summed E-state index contributed by atoms with van der Waals surface area (Å²) in [5.74, 6) is -0.261. The molecule has 1 aromatic heterocycles. The number of sulfonamides is 1. The normalized spacial score (nSPS) is 11.5. The highest BCUT2D eigenvalue weighted by Crippen LogP contribution is 2.20. The molecule has 0 atom stereocenters. The molecule has 0 spiro atoms. The minimum absolute atomic E-state index is 0.0302. The van der Waals surface area contributed by atoms with E-state index < -0.39 is 15.9 Å². The van der Waals surface area contributed by atoms with Gasteiger partial charge in [-0.15, -0.1) is 0 Å². The smallest absolute Gasteiger partial charge is 0.246 e. The zero-order chi connectivity index (χ0) is 17.2. The van der Waals surface area contributed by atoms with Crippen LogP contribution in [0.3, 0.4) is 0 Å². The van der Waals surface area contributed by atoms with Crippen molar-refractivity contribution in [1.82, 2.24) is 9.88 Å². The first-order valence-corrected chi connectivity index (χ1v) is 8.49. The maximum Gasteiger partial charge on any atom is 0.246 e. The molecule has 0 saturated heterocycles. The number of hydrogen-bond donors (Lipinski definition) is 2. The van der Waals surface area contributed by atoms with Gasteiger partial charge >= 0.3 is 0 Å². The van der Waals surface area contributed by atoms with E-state index >= 15 is 0 Å². The fourth-order valence-electron chi connectivity index (χ4n) is 2.29. The molecule has 0 aliphatic carbocycles. The molecule has 8 heteroatoms. The summed E-state index contributed by atoms with van der Waals surface area (Å²) >= 11 is 0. The first kappa shape index (κ1) is 17.2. The maximum absolute atomic E-state index is 12.2. The molecule has 0 bridgehead atoms. The zero-order valence-electron chi connectivity index (χ0n) is 13.4. The molecule has 2 rings (SSSR count). The number of nitrogens with one attached hydrogen (secondary N) is 2. The van der Waals surface area contributed by atoms with E-state index in [4.69, 9.17) is 4.52 Å². The Morgan fingerprint density at radius 3 is 2.30 bits per heavy atom. The summed E-state index contributed by atoms with van der Waals surface area (Å²) in [6.45, 7) is 6.40. The van der Waals surface area contributed by atoms with Gasteiger partial charge in [-0.05, 0) is 38.8 Å². The molecule has 2 N–H and O–H groups in total. The number of amides is 1. The molecule has 0 fully saturated rings. The Morgan fingerprint density at radius 2 is 1.78 bits per heavy atom. The highest BCUT2D eigenvalue weighted by atomic mass is 32.2. The molecule has 7 nitrogen and oxygen atoms in total. The van der Waals surface area contributed by atoms with E-state index in [2.05, 4.69) is 15.2 Å². The number of carbonyl (C=O) groups excluding carboxylic acids is 1. The van der Waals surface area contributed by atoms with Crippen molar-refractivity contribution in [1.29, 1.82) is 0 Å². The van der Waals surface area contributed by atoms with Crippen molar-refractivity contribution < 1.29 is 17.7 Å². The van der Waals surface area contributed by atoms with Gasteiger partial charge in [0.2, 0.25) is 15.9 Å². The second kappa shape index (κ2) is 6.51. The molecule has 0 radical (unpaired) electrons. The summed E-state index contributed by atoms with van der Waals surface area (Å²) in [5, 5.41) is 6.33. The Kier molecular flexibility index (Phi) is 4.86. The SMILES string of the molecule is Cc1cccc(C)c1NC(=O)CNS(=O)(=O)c1c(C)noc1C. The van der Waals surface area contributed by atoms with Gasteiger partial charge in [-0.3, -0.25) is 4.79 Å². The van der Waals surface area contributed by atoms with Crippen molar-refractivity contribution in [2.24, 2.45) is 0 Å². The zero-order valence-corrected chi connectivity index (χ0v) is 14.2. The van der Waals surface area contributed by atoms with Crippen molar-refractivity contribution in [3.8, 4) is 0 Å². The lowest BCUT2D eigenvalue weighted by Crippen LogP contribution is -2.33. The van der Waals surface area contributed by atoms with Crippen molar-refractivity contribution in [2.75, 3.05) is 11.9 Å². The van der Waals surface area contributed by atoms with E-state index in [0.29, 0.717) is 5.69 Å². The van der Waals surface area contributed by atoms with Crippen LogP contribution in [0, 0.1) is 27.7 Å². The molecule has 2 aromatic rings. The number of para-hydroxylation sites is 1. The monoisotopic (exact) mass is 337 g/mol. The molecule has 23 heavy (non-hydrogen) atoms. The summed E-state index contributed by atoms with van der Waals surface area (Å²) in [6.07, 6.45) is 0. The fraction of sp³-hybridized carbons (Fsp3) is 0.333. The predicted octanol–water partition coefficient (Wildman–Crippen LogP) is 1.83. The number of rotatable bonds is 5. The number of aromatic nitrogens is 1. The Balaban J connectivity index is 2.08. The number of benzene rings is 1. The third-order valence-corrected chi connectivity index (χ3v) is 5.05. The van der Waals surface area contributed by atoms with E-state index in [-0.39, 0.29) is 22.9 Å². The topological polar surface area (TPSA) is 101 Å². The van der Waals surface area contributed by atoms with Gasteiger partial charge < -0.3 is 9.84 Å². The van der Waals surface area contributed by atoms with Crippen LogP contribution in [0.5, 0.6) is 0 Å². The largest absolute Gasteiger partial charge is 0.360 e. The van der Waals surface area contributed by atoms with Crippen molar-refractivity contribution >= 4 is 21.6 Å². The van der Waals surface area contributed by atoms with Crippen LogP contribution in [0.1, 0.15) is 22.6 Å². The lowest BCUT2D eigenvalue weighted by atomic mass is 10.1. The molecular formula is C15H19N3O4S. The summed E-state index contributed by atoms with van der Waals surface area (Å²) in [5.41, 5.74) is 2.76. The molecule has 0 aliphatic rings. The number of aryl methyl sites for hydroxylation is 4. The lowest BCUT2D eigenvalue weighted by Gasteiger charge is -2.12. The highest BCUT2D eigenvalue weighted by molar-refractivity contribution is 7.89. The van der Waals surface area contributed by atoms with Crippen LogP contribution >= 0.6 is 0 Å². The first-order valence-electron chi connectivity index (χ1n) is 7.01. The van der Waals surface area contributed by atoms with Crippen molar-refractivity contribution in [2.45, 2.75) is 32.6 Å². The van der Waals surface area contributed by atoms with E-state index in [1.807, 2.05) is 32.0 Å². The van der Waals surface area contributed by atoms with Crippen LogP contribution in [0.2, 0.25) is 0 Å². The maximum atomic E-state index is 12.2. The standard InChI is InChI=1S/C15H19N3O4S/c1-9-6-5-7-10(2)14(9)17-13(19)8-16-23(20,21)15-11(3)18-22-12(15)4/h5-7,16H,8H2,1-4H3,(H,17,19). The Morgan fingerprint density at radius 1 is 1.17 bits per heavy atom. The Bertz CT molecular complexity index is 801. The van der Waals surface area contributed by atoms with Gasteiger partial charge in [0.1, 0.15) is 10.6 Å². The average Bonchev–Trinajstić information content (AvgIpc) is 2.81. The average molecular weight is 337 g/mol. The van der Waals surface area contributed by atoms with Gasteiger partial charge in [0, 0.05) is 5.69 Å². The van der Waals surface area contributed by atoms with Crippen LogP contribution in [0.4, 0.5) is 5.69 Å². The Labute approximate surface area is 135 Å². The molecule has 1 aromatic carbocycles. The van der Waals surface area contributed by atoms with Crippen LogP contribution in [0.15, 0.2) is 27.6 Å². The first-order chi connectivity index (χ1) is 10.7. The third-order valence-electron chi connectivity index (χ3n) is 3.40. The second-order valence-corrected chi connectivity index (χ2v) is 7.00. The fourth-order valence-corrected chi connectivity index (χ4v) is 3.59. The summed E-state index contributed by atoms with van der Waals surface area (Å²) in [6, 6.07) is 5.63.